The molecule has 1 saturated heterocycles. The molecule has 0 saturated carbocycles. The number of alkyl halides is 3. The first-order valence-electron chi connectivity index (χ1n) is 5.74. The fourth-order valence-corrected chi connectivity index (χ4v) is 2.33. The van der Waals surface area contributed by atoms with E-state index in [4.69, 9.17) is 4.74 Å². The van der Waals surface area contributed by atoms with Gasteiger partial charge < -0.3 is 4.74 Å². The summed E-state index contributed by atoms with van der Waals surface area (Å²) in [6.45, 7) is 5.80. The van der Waals surface area contributed by atoms with Crippen LogP contribution in [0.25, 0.3) is 0 Å². The van der Waals surface area contributed by atoms with E-state index < -0.39 is 17.5 Å². The van der Waals surface area contributed by atoms with Gasteiger partial charge in [0, 0.05) is 11.1 Å². The maximum absolute atomic E-state index is 13.0. The molecule has 1 aromatic carbocycles. The molecule has 1 atom stereocenters. The van der Waals surface area contributed by atoms with Crippen LogP contribution in [0.1, 0.15) is 31.9 Å². The number of hydrogen-bond donors (Lipinski definition) is 1. The van der Waals surface area contributed by atoms with E-state index in [2.05, 4.69) is 5.32 Å². The van der Waals surface area contributed by atoms with Gasteiger partial charge in [-0.1, -0.05) is 18.2 Å². The number of benzene rings is 1. The zero-order valence-electron chi connectivity index (χ0n) is 11.0. The van der Waals surface area contributed by atoms with E-state index in [1.807, 2.05) is 13.8 Å². The summed E-state index contributed by atoms with van der Waals surface area (Å²) in [7, 11) is 0. The van der Waals surface area contributed by atoms with E-state index in [0.717, 1.165) is 6.07 Å². The van der Waals surface area contributed by atoms with E-state index in [1.54, 1.807) is 13.0 Å². The maximum atomic E-state index is 13.0. The van der Waals surface area contributed by atoms with Crippen molar-refractivity contribution in [3.8, 4) is 0 Å². The van der Waals surface area contributed by atoms with Crippen LogP contribution in [0.3, 0.4) is 0 Å². The Kier molecular flexibility index (Phi) is 4.25. The summed E-state index contributed by atoms with van der Waals surface area (Å²) in [5, 5.41) is 3.11. The molecule has 0 aliphatic carbocycles. The van der Waals surface area contributed by atoms with Crippen molar-refractivity contribution in [3.63, 3.8) is 0 Å². The molecule has 1 aliphatic rings. The van der Waals surface area contributed by atoms with Gasteiger partial charge in [-0.25, -0.2) is 0 Å². The van der Waals surface area contributed by atoms with E-state index in [9.17, 15) is 13.2 Å². The highest BCUT2D eigenvalue weighted by Crippen LogP contribution is 2.40. The second kappa shape index (κ2) is 4.96. The van der Waals surface area contributed by atoms with E-state index in [1.165, 1.54) is 12.1 Å². The Bertz CT molecular complexity index is 461. The minimum Gasteiger partial charge on any atom is -0.355 e. The van der Waals surface area contributed by atoms with Gasteiger partial charge in [0.25, 0.3) is 0 Å². The molecule has 2 rings (SSSR count). The average Bonchev–Trinajstić information content (AvgIpc) is 2.53. The second-order valence-electron chi connectivity index (χ2n) is 5.37. The van der Waals surface area contributed by atoms with Crippen LogP contribution in [0.4, 0.5) is 13.2 Å². The van der Waals surface area contributed by atoms with Crippen molar-refractivity contribution < 1.29 is 17.9 Å². The van der Waals surface area contributed by atoms with Crippen molar-refractivity contribution in [2.24, 2.45) is 0 Å². The van der Waals surface area contributed by atoms with Crippen molar-refractivity contribution in [2.75, 3.05) is 6.61 Å². The summed E-state index contributed by atoms with van der Waals surface area (Å²) >= 11 is 0. The van der Waals surface area contributed by atoms with E-state index >= 15 is 0 Å². The Hall–Kier alpha value is -0.780. The third-order valence-corrected chi connectivity index (χ3v) is 3.05. The predicted molar refractivity (Wildman–Crippen MR) is 69.2 cm³/mol. The van der Waals surface area contributed by atoms with Gasteiger partial charge in [0.1, 0.15) is 5.72 Å². The Labute approximate surface area is 116 Å². The van der Waals surface area contributed by atoms with Crippen LogP contribution in [-0.2, 0) is 16.6 Å². The molecule has 1 fully saturated rings. The van der Waals surface area contributed by atoms with Gasteiger partial charge in [-0.3, -0.25) is 5.32 Å². The quantitative estimate of drug-likeness (QED) is 0.853. The lowest BCUT2D eigenvalue weighted by Gasteiger charge is -2.29. The highest BCUT2D eigenvalue weighted by Gasteiger charge is 2.46. The summed E-state index contributed by atoms with van der Waals surface area (Å²) in [6, 6.07) is 5.51. The summed E-state index contributed by atoms with van der Waals surface area (Å²) in [5.41, 5.74) is -1.97. The predicted octanol–water partition coefficient (Wildman–Crippen LogP) is 3.70. The molecule has 0 radical (unpaired) electrons. The molecule has 0 bridgehead atoms. The molecule has 1 aromatic rings. The highest BCUT2D eigenvalue weighted by molar-refractivity contribution is 5.85. The van der Waals surface area contributed by atoms with Gasteiger partial charge in [0.05, 0.1) is 12.2 Å². The minimum absolute atomic E-state index is 0. The van der Waals surface area contributed by atoms with Crippen molar-refractivity contribution in [2.45, 2.75) is 38.2 Å². The van der Waals surface area contributed by atoms with Gasteiger partial charge in [-0.05, 0) is 26.8 Å². The summed E-state index contributed by atoms with van der Waals surface area (Å²) < 4.78 is 44.5. The van der Waals surface area contributed by atoms with Crippen LogP contribution in [0.5, 0.6) is 0 Å². The molecule has 1 N–H and O–H groups in total. The average molecular weight is 296 g/mol. The third-order valence-electron chi connectivity index (χ3n) is 3.05. The lowest BCUT2D eigenvalue weighted by molar-refractivity contribution is -0.141. The maximum Gasteiger partial charge on any atom is 0.416 e. The van der Waals surface area contributed by atoms with Crippen molar-refractivity contribution in [1.29, 1.82) is 0 Å². The molecule has 0 spiro atoms. The SMILES string of the molecule is CC1(C)COC(C)(c2ccccc2C(F)(F)F)N1.Cl. The zero-order valence-corrected chi connectivity index (χ0v) is 11.8. The minimum atomic E-state index is -4.38. The molecule has 108 valence electrons. The monoisotopic (exact) mass is 295 g/mol. The molecular weight excluding hydrogens is 279 g/mol. The third kappa shape index (κ3) is 3.22. The molecule has 2 nitrogen and oxygen atoms in total. The van der Waals surface area contributed by atoms with Gasteiger partial charge in [-0.2, -0.15) is 13.2 Å². The van der Waals surface area contributed by atoms with Crippen LogP contribution in [0, 0.1) is 0 Å². The molecule has 1 aliphatic heterocycles. The number of halogens is 4. The topological polar surface area (TPSA) is 21.3 Å². The smallest absolute Gasteiger partial charge is 0.355 e. The number of ether oxygens (including phenoxy) is 1. The first-order valence-corrected chi connectivity index (χ1v) is 5.74. The van der Waals surface area contributed by atoms with Gasteiger partial charge in [0.15, 0.2) is 0 Å². The molecule has 1 heterocycles. The van der Waals surface area contributed by atoms with E-state index in [-0.39, 0.29) is 23.5 Å². The van der Waals surface area contributed by atoms with Crippen molar-refractivity contribution in [1.82, 2.24) is 5.32 Å². The Morgan fingerprint density at radius 3 is 2.21 bits per heavy atom. The first kappa shape index (κ1) is 16.3. The van der Waals surface area contributed by atoms with Crippen LogP contribution in [-0.4, -0.2) is 12.1 Å². The number of hydrogen-bond acceptors (Lipinski definition) is 2. The molecule has 19 heavy (non-hydrogen) atoms. The Morgan fingerprint density at radius 1 is 1.16 bits per heavy atom. The fraction of sp³-hybridized carbons (Fsp3) is 0.538. The Morgan fingerprint density at radius 2 is 1.74 bits per heavy atom. The number of rotatable bonds is 1. The normalized spacial score (nSPS) is 26.0. The van der Waals surface area contributed by atoms with Crippen LogP contribution in [0.15, 0.2) is 24.3 Å². The second-order valence-corrected chi connectivity index (χ2v) is 5.37. The summed E-state index contributed by atoms with van der Waals surface area (Å²) in [5.74, 6) is 0. The number of nitrogens with one attached hydrogen (secondary N) is 1. The molecule has 1 unspecified atom stereocenters. The lowest BCUT2D eigenvalue weighted by atomic mass is 9.96. The van der Waals surface area contributed by atoms with Crippen molar-refractivity contribution >= 4 is 12.4 Å². The first-order chi connectivity index (χ1) is 8.14. The molecule has 0 amide bonds. The molecule has 0 aromatic heterocycles. The van der Waals surface area contributed by atoms with Crippen molar-refractivity contribution in [3.05, 3.63) is 35.4 Å². The van der Waals surface area contributed by atoms with Crippen LogP contribution < -0.4 is 5.32 Å². The molecule has 6 heteroatoms. The van der Waals surface area contributed by atoms with Gasteiger partial charge in [-0.15, -0.1) is 12.4 Å². The van der Waals surface area contributed by atoms with Crippen LogP contribution >= 0.6 is 12.4 Å². The Balaban J connectivity index is 0.00000180. The molecular formula is C13H17ClF3NO. The lowest BCUT2D eigenvalue weighted by Crippen LogP contribution is -2.45. The van der Waals surface area contributed by atoms with Gasteiger partial charge in [0.2, 0.25) is 0 Å². The van der Waals surface area contributed by atoms with Gasteiger partial charge >= 0.3 is 6.18 Å². The summed E-state index contributed by atoms with van der Waals surface area (Å²) in [6.07, 6.45) is -4.38. The standard InChI is InChI=1S/C13H16F3NO.ClH/c1-11(2)8-18-12(3,17-11)9-6-4-5-7-10(9)13(14,15)16;/h4-7,17H,8H2,1-3H3;1H. The van der Waals surface area contributed by atoms with Crippen LogP contribution in [0.2, 0.25) is 0 Å². The summed E-state index contributed by atoms with van der Waals surface area (Å²) in [4.78, 5) is 0. The van der Waals surface area contributed by atoms with E-state index in [0.29, 0.717) is 6.61 Å². The fourth-order valence-electron chi connectivity index (χ4n) is 2.33. The highest BCUT2D eigenvalue weighted by atomic mass is 35.5. The largest absolute Gasteiger partial charge is 0.416 e. The zero-order chi connectivity index (χ0) is 13.6.